The van der Waals surface area contributed by atoms with Gasteiger partial charge in [0, 0.05) is 0 Å². The first kappa shape index (κ1) is 15.1. The molecule has 0 aliphatic heterocycles. The van der Waals surface area contributed by atoms with E-state index in [9.17, 15) is 13.2 Å². The Labute approximate surface area is 116 Å². The first-order chi connectivity index (χ1) is 9.49. The lowest BCUT2D eigenvalue weighted by Gasteiger charge is -2.27. The van der Waals surface area contributed by atoms with Crippen molar-refractivity contribution >= 4 is 0 Å². The maximum Gasteiger partial charge on any atom is 0.433 e. The van der Waals surface area contributed by atoms with Crippen LogP contribution >= 0.6 is 0 Å². The highest BCUT2D eigenvalue weighted by Gasteiger charge is 2.32. The van der Waals surface area contributed by atoms with Crippen molar-refractivity contribution in [3.63, 3.8) is 0 Å². The summed E-state index contributed by atoms with van der Waals surface area (Å²) in [6, 6.07) is 2.27. The second kappa shape index (κ2) is 6.43. The smallest absolute Gasteiger partial charge is 0.433 e. The summed E-state index contributed by atoms with van der Waals surface area (Å²) in [6.45, 7) is 1.26. The molecule has 1 aliphatic carbocycles. The van der Waals surface area contributed by atoms with E-state index >= 15 is 0 Å². The van der Waals surface area contributed by atoms with Gasteiger partial charge < -0.3 is 10.5 Å². The molecule has 3 nitrogen and oxygen atoms in total. The van der Waals surface area contributed by atoms with Gasteiger partial charge in [0.2, 0.25) is 0 Å². The molecule has 1 heterocycles. The second-order valence-corrected chi connectivity index (χ2v) is 5.31. The molecule has 0 radical (unpaired) electrons. The largest absolute Gasteiger partial charge is 0.492 e. The molecular weight excluding hydrogens is 269 g/mol. The van der Waals surface area contributed by atoms with E-state index in [1.165, 1.54) is 6.07 Å². The average molecular weight is 288 g/mol. The van der Waals surface area contributed by atoms with Crippen molar-refractivity contribution in [2.75, 3.05) is 13.2 Å². The summed E-state index contributed by atoms with van der Waals surface area (Å²) in [7, 11) is 0. The van der Waals surface area contributed by atoms with Gasteiger partial charge in [-0.2, -0.15) is 13.2 Å². The molecule has 1 aromatic rings. The summed E-state index contributed by atoms with van der Waals surface area (Å²) in [5, 5.41) is 0. The molecular formula is C14H19F3N2O. The van der Waals surface area contributed by atoms with Gasteiger partial charge in [0.1, 0.15) is 11.4 Å². The van der Waals surface area contributed by atoms with Gasteiger partial charge in [-0.1, -0.05) is 0 Å². The minimum absolute atomic E-state index is 0.388. The van der Waals surface area contributed by atoms with Crippen LogP contribution in [0.15, 0.2) is 18.3 Å². The lowest BCUT2D eigenvalue weighted by Crippen LogP contribution is -2.24. The molecule has 0 saturated heterocycles. The standard InChI is InChI=1S/C14H19F3N2O/c15-14(16,17)13-6-5-12(8-19-13)20-9-11-3-1-10(7-18)2-4-11/h5-6,8,10-11H,1-4,7,9,18H2. The number of hydrogen-bond donors (Lipinski definition) is 1. The monoisotopic (exact) mass is 288 g/mol. The normalized spacial score (nSPS) is 23.6. The predicted octanol–water partition coefficient (Wildman–Crippen LogP) is 3.24. The number of hydrogen-bond acceptors (Lipinski definition) is 3. The summed E-state index contributed by atoms with van der Waals surface area (Å²) < 4.78 is 42.6. The molecule has 2 N–H and O–H groups in total. The molecule has 2 rings (SSSR count). The summed E-state index contributed by atoms with van der Waals surface area (Å²) in [5.41, 5.74) is 4.74. The van der Waals surface area contributed by atoms with Crippen LogP contribution in [0.25, 0.3) is 0 Å². The summed E-state index contributed by atoms with van der Waals surface area (Å²) in [5.74, 6) is 1.46. The van der Waals surface area contributed by atoms with E-state index in [-0.39, 0.29) is 0 Å². The number of ether oxygens (including phenoxy) is 1. The molecule has 112 valence electrons. The van der Waals surface area contributed by atoms with Gasteiger partial charge in [0.25, 0.3) is 0 Å². The van der Waals surface area contributed by atoms with Crippen LogP contribution < -0.4 is 10.5 Å². The number of alkyl halides is 3. The zero-order valence-corrected chi connectivity index (χ0v) is 11.2. The van der Waals surface area contributed by atoms with Gasteiger partial charge in [-0.25, -0.2) is 4.98 Å². The van der Waals surface area contributed by atoms with Crippen molar-refractivity contribution in [1.82, 2.24) is 4.98 Å². The minimum atomic E-state index is -4.40. The van der Waals surface area contributed by atoms with E-state index in [1.807, 2.05) is 0 Å². The molecule has 20 heavy (non-hydrogen) atoms. The fourth-order valence-electron chi connectivity index (χ4n) is 2.48. The van der Waals surface area contributed by atoms with Crippen molar-refractivity contribution in [2.45, 2.75) is 31.9 Å². The van der Waals surface area contributed by atoms with Crippen LogP contribution in [0.4, 0.5) is 13.2 Å². The lowest BCUT2D eigenvalue weighted by molar-refractivity contribution is -0.141. The van der Waals surface area contributed by atoms with Gasteiger partial charge in [-0.3, -0.25) is 0 Å². The highest BCUT2D eigenvalue weighted by atomic mass is 19.4. The summed E-state index contributed by atoms with van der Waals surface area (Å²) >= 11 is 0. The molecule has 0 spiro atoms. The molecule has 0 atom stereocenters. The molecule has 0 aromatic carbocycles. The molecule has 0 amide bonds. The van der Waals surface area contributed by atoms with E-state index < -0.39 is 11.9 Å². The highest BCUT2D eigenvalue weighted by Crippen LogP contribution is 2.30. The van der Waals surface area contributed by atoms with Gasteiger partial charge in [-0.15, -0.1) is 0 Å². The van der Waals surface area contributed by atoms with Crippen molar-refractivity contribution < 1.29 is 17.9 Å². The van der Waals surface area contributed by atoms with E-state index in [4.69, 9.17) is 10.5 Å². The third kappa shape index (κ3) is 4.10. The van der Waals surface area contributed by atoms with Crippen LogP contribution in [-0.4, -0.2) is 18.1 Å². The Bertz CT molecular complexity index is 411. The highest BCUT2D eigenvalue weighted by molar-refractivity contribution is 5.21. The fourth-order valence-corrected chi connectivity index (χ4v) is 2.48. The number of nitrogens with zero attached hydrogens (tertiary/aromatic N) is 1. The van der Waals surface area contributed by atoms with Crippen LogP contribution in [0.2, 0.25) is 0 Å². The maximum absolute atomic E-state index is 12.4. The van der Waals surface area contributed by atoms with Crippen molar-refractivity contribution in [3.05, 3.63) is 24.0 Å². The molecule has 1 aromatic heterocycles. The van der Waals surface area contributed by atoms with Crippen molar-refractivity contribution in [2.24, 2.45) is 17.6 Å². The Hall–Kier alpha value is -1.30. The predicted molar refractivity (Wildman–Crippen MR) is 69.2 cm³/mol. The molecule has 1 aliphatic rings. The fraction of sp³-hybridized carbons (Fsp3) is 0.643. The number of rotatable bonds is 4. The Balaban J connectivity index is 1.80. The molecule has 0 bridgehead atoms. The second-order valence-electron chi connectivity index (χ2n) is 5.31. The van der Waals surface area contributed by atoms with E-state index in [2.05, 4.69) is 4.98 Å². The van der Waals surface area contributed by atoms with E-state index in [0.717, 1.165) is 44.5 Å². The zero-order valence-electron chi connectivity index (χ0n) is 11.2. The van der Waals surface area contributed by atoms with Gasteiger partial charge in [-0.05, 0) is 56.2 Å². The first-order valence-corrected chi connectivity index (χ1v) is 6.85. The van der Waals surface area contributed by atoms with Gasteiger partial charge in [0.05, 0.1) is 12.8 Å². The number of nitrogens with two attached hydrogens (primary N) is 1. The Morgan fingerprint density at radius 3 is 2.30 bits per heavy atom. The number of aromatic nitrogens is 1. The summed E-state index contributed by atoms with van der Waals surface area (Å²) in [4.78, 5) is 3.37. The third-order valence-electron chi connectivity index (χ3n) is 3.81. The van der Waals surface area contributed by atoms with Crippen LogP contribution in [0.1, 0.15) is 31.4 Å². The van der Waals surface area contributed by atoms with Gasteiger partial charge in [0.15, 0.2) is 0 Å². The summed E-state index contributed by atoms with van der Waals surface area (Å²) in [6.07, 6.45) is 1.07. The van der Waals surface area contributed by atoms with E-state index in [0.29, 0.717) is 24.2 Å². The molecule has 1 fully saturated rings. The van der Waals surface area contributed by atoms with Crippen molar-refractivity contribution in [3.8, 4) is 5.75 Å². The molecule has 0 unspecified atom stereocenters. The number of pyridine rings is 1. The topological polar surface area (TPSA) is 48.1 Å². The maximum atomic E-state index is 12.4. The third-order valence-corrected chi connectivity index (χ3v) is 3.81. The van der Waals surface area contributed by atoms with Crippen molar-refractivity contribution in [1.29, 1.82) is 0 Å². The quantitative estimate of drug-likeness (QED) is 0.925. The Kier molecular flexibility index (Phi) is 4.86. The van der Waals surface area contributed by atoms with Crippen LogP contribution in [0.3, 0.4) is 0 Å². The average Bonchev–Trinajstić information content (AvgIpc) is 2.45. The Morgan fingerprint density at radius 1 is 1.15 bits per heavy atom. The minimum Gasteiger partial charge on any atom is -0.492 e. The van der Waals surface area contributed by atoms with Crippen LogP contribution in [0, 0.1) is 11.8 Å². The number of halogens is 3. The zero-order chi connectivity index (χ0) is 14.6. The first-order valence-electron chi connectivity index (χ1n) is 6.85. The van der Waals surface area contributed by atoms with E-state index in [1.54, 1.807) is 0 Å². The molecule has 6 heteroatoms. The SMILES string of the molecule is NCC1CCC(COc2ccc(C(F)(F)F)nc2)CC1. The molecule has 1 saturated carbocycles. The Morgan fingerprint density at radius 2 is 1.80 bits per heavy atom. The van der Waals surface area contributed by atoms with Crippen LogP contribution in [-0.2, 0) is 6.18 Å². The van der Waals surface area contributed by atoms with Crippen LogP contribution in [0.5, 0.6) is 5.75 Å². The van der Waals surface area contributed by atoms with Gasteiger partial charge >= 0.3 is 6.18 Å². The lowest BCUT2D eigenvalue weighted by atomic mass is 9.82.